The van der Waals surface area contributed by atoms with E-state index in [0.717, 1.165) is 11.1 Å². The second-order valence-electron chi connectivity index (χ2n) is 6.24. The number of nitrogens with one attached hydrogen (secondary N) is 1. The van der Waals surface area contributed by atoms with Gasteiger partial charge in [-0.2, -0.15) is 0 Å². The molecule has 142 valence electrons. The van der Waals surface area contributed by atoms with Gasteiger partial charge in [-0.25, -0.2) is 18.2 Å². The van der Waals surface area contributed by atoms with E-state index in [-0.39, 0.29) is 21.9 Å². The summed E-state index contributed by atoms with van der Waals surface area (Å²) in [5.74, 6) is -0.962. The zero-order valence-electron chi connectivity index (χ0n) is 15.3. The van der Waals surface area contributed by atoms with Crippen LogP contribution in [-0.4, -0.2) is 36.2 Å². The molecule has 1 heterocycles. The molecular formula is C18H19N3O5S. The lowest BCUT2D eigenvalue weighted by Gasteiger charge is -2.14. The Morgan fingerprint density at radius 1 is 1.19 bits per heavy atom. The molecule has 0 amide bonds. The fourth-order valence-corrected chi connectivity index (χ4v) is 4.14. The minimum atomic E-state index is -4.00. The number of nitrogens with zero attached hydrogens (tertiary/aromatic N) is 2. The number of hydrogen-bond acceptors (Lipinski definition) is 5. The number of carbonyl (C=O) groups is 1. The Hall–Kier alpha value is -3.07. The predicted octanol–water partition coefficient (Wildman–Crippen LogP) is 2.70. The molecule has 27 heavy (non-hydrogen) atoms. The number of hydrogen-bond donors (Lipinski definition) is 2. The number of methoxy groups -OCH3 is 1. The molecule has 0 radical (unpaired) electrons. The van der Waals surface area contributed by atoms with Crippen LogP contribution in [0.2, 0.25) is 0 Å². The molecule has 0 saturated carbocycles. The van der Waals surface area contributed by atoms with Crippen molar-refractivity contribution in [1.29, 1.82) is 0 Å². The van der Waals surface area contributed by atoms with E-state index in [1.165, 1.54) is 31.6 Å². The number of imidazole rings is 1. The molecule has 9 heteroatoms. The molecule has 1 aromatic heterocycles. The summed E-state index contributed by atoms with van der Waals surface area (Å²) in [4.78, 5) is 15.7. The van der Waals surface area contributed by atoms with Crippen LogP contribution in [0, 0.1) is 13.8 Å². The number of aryl methyl sites for hydroxylation is 3. The van der Waals surface area contributed by atoms with E-state index in [1.54, 1.807) is 24.6 Å². The number of anilines is 1. The lowest BCUT2D eigenvalue weighted by molar-refractivity contribution is 0.0698. The van der Waals surface area contributed by atoms with Crippen LogP contribution in [0.5, 0.6) is 5.75 Å². The minimum absolute atomic E-state index is 0.0221. The van der Waals surface area contributed by atoms with Crippen LogP contribution < -0.4 is 9.46 Å². The lowest BCUT2D eigenvalue weighted by Crippen LogP contribution is -2.15. The molecule has 3 aromatic rings. The third-order valence-corrected chi connectivity index (χ3v) is 5.77. The Morgan fingerprint density at radius 3 is 2.48 bits per heavy atom. The summed E-state index contributed by atoms with van der Waals surface area (Å²) in [5.41, 5.74) is 2.55. The van der Waals surface area contributed by atoms with Crippen LogP contribution in [0.4, 0.5) is 5.69 Å². The summed E-state index contributed by atoms with van der Waals surface area (Å²) in [6.45, 7) is 3.66. The van der Waals surface area contributed by atoms with Crippen molar-refractivity contribution >= 4 is 32.7 Å². The molecule has 0 saturated heterocycles. The van der Waals surface area contributed by atoms with Crippen molar-refractivity contribution in [3.63, 3.8) is 0 Å². The topological polar surface area (TPSA) is 111 Å². The summed E-state index contributed by atoms with van der Waals surface area (Å²) in [7, 11) is -0.936. The van der Waals surface area contributed by atoms with Crippen molar-refractivity contribution in [3.8, 4) is 5.75 Å². The Kier molecular flexibility index (Phi) is 4.56. The minimum Gasteiger partial charge on any atom is -0.495 e. The molecule has 0 spiro atoms. The van der Waals surface area contributed by atoms with Crippen LogP contribution in [0.15, 0.2) is 35.5 Å². The van der Waals surface area contributed by atoms with Gasteiger partial charge < -0.3 is 14.4 Å². The zero-order valence-corrected chi connectivity index (χ0v) is 16.1. The average molecular weight is 389 g/mol. The van der Waals surface area contributed by atoms with E-state index >= 15 is 0 Å². The second-order valence-corrected chi connectivity index (χ2v) is 7.90. The van der Waals surface area contributed by atoms with Gasteiger partial charge in [-0.3, -0.25) is 4.72 Å². The van der Waals surface area contributed by atoms with Gasteiger partial charge in [0.15, 0.2) is 0 Å². The SMILES string of the molecule is COc1cc(C)c(C)cc1S(=O)(=O)Nc1cc(C(=O)O)c2c(c1)ncn2C. The van der Waals surface area contributed by atoms with Crippen molar-refractivity contribution in [1.82, 2.24) is 9.55 Å². The van der Waals surface area contributed by atoms with Crippen molar-refractivity contribution in [2.45, 2.75) is 18.7 Å². The molecule has 2 aromatic carbocycles. The molecule has 0 bridgehead atoms. The number of sulfonamides is 1. The van der Waals surface area contributed by atoms with Gasteiger partial charge in [0.2, 0.25) is 0 Å². The summed E-state index contributed by atoms with van der Waals surface area (Å²) in [5, 5.41) is 9.48. The highest BCUT2D eigenvalue weighted by molar-refractivity contribution is 7.92. The fourth-order valence-electron chi connectivity index (χ4n) is 2.86. The molecule has 0 aliphatic rings. The normalized spacial score (nSPS) is 11.6. The molecule has 0 aliphatic heterocycles. The Bertz CT molecular complexity index is 1170. The first-order chi connectivity index (χ1) is 12.6. The maximum atomic E-state index is 12.9. The average Bonchev–Trinajstić information content (AvgIpc) is 2.96. The molecule has 0 aliphatic carbocycles. The van der Waals surface area contributed by atoms with E-state index in [0.29, 0.717) is 11.0 Å². The predicted molar refractivity (Wildman–Crippen MR) is 101 cm³/mol. The van der Waals surface area contributed by atoms with Crippen molar-refractivity contribution in [2.24, 2.45) is 7.05 Å². The summed E-state index contributed by atoms with van der Waals surface area (Å²) in [6.07, 6.45) is 1.47. The van der Waals surface area contributed by atoms with Gasteiger partial charge in [0, 0.05) is 7.05 Å². The van der Waals surface area contributed by atoms with Crippen molar-refractivity contribution in [2.75, 3.05) is 11.8 Å². The number of carboxylic acid groups (broad SMARTS) is 1. The highest BCUT2D eigenvalue weighted by atomic mass is 32.2. The van der Waals surface area contributed by atoms with Crippen LogP contribution >= 0.6 is 0 Å². The molecule has 8 nitrogen and oxygen atoms in total. The number of ether oxygens (including phenoxy) is 1. The Labute approximate surface area is 156 Å². The maximum absolute atomic E-state index is 12.9. The Morgan fingerprint density at radius 2 is 1.85 bits per heavy atom. The monoisotopic (exact) mass is 389 g/mol. The van der Waals surface area contributed by atoms with Crippen LogP contribution in [0.25, 0.3) is 11.0 Å². The van der Waals surface area contributed by atoms with Crippen molar-refractivity contribution in [3.05, 3.63) is 47.3 Å². The number of fused-ring (bicyclic) bond motifs is 1. The standard InChI is InChI=1S/C18H19N3O5S/c1-10-5-15(26-4)16(6-11(10)2)27(24,25)20-12-7-13(18(22)23)17-14(8-12)19-9-21(17)3/h5-9,20H,1-4H3,(H,22,23). The molecule has 0 atom stereocenters. The summed E-state index contributed by atoms with van der Waals surface area (Å²) >= 11 is 0. The van der Waals surface area contributed by atoms with E-state index in [4.69, 9.17) is 4.74 Å². The molecule has 3 rings (SSSR count). The van der Waals surface area contributed by atoms with Crippen molar-refractivity contribution < 1.29 is 23.1 Å². The molecule has 0 fully saturated rings. The molecule has 2 N–H and O–H groups in total. The van der Waals surface area contributed by atoms with E-state index in [1.807, 2.05) is 6.92 Å². The van der Waals surface area contributed by atoms with Crippen LogP contribution in [0.1, 0.15) is 21.5 Å². The van der Waals surface area contributed by atoms with Gasteiger partial charge in [0.1, 0.15) is 10.6 Å². The fraction of sp³-hybridized carbons (Fsp3) is 0.222. The first-order valence-electron chi connectivity index (χ1n) is 8.00. The number of rotatable bonds is 5. The summed E-state index contributed by atoms with van der Waals surface area (Å²) in [6, 6.07) is 5.94. The number of aromatic nitrogens is 2. The highest BCUT2D eigenvalue weighted by Gasteiger charge is 2.23. The van der Waals surface area contributed by atoms with Crippen LogP contribution in [-0.2, 0) is 17.1 Å². The quantitative estimate of drug-likeness (QED) is 0.694. The van der Waals surface area contributed by atoms with E-state index < -0.39 is 16.0 Å². The zero-order chi connectivity index (χ0) is 19.9. The lowest BCUT2D eigenvalue weighted by atomic mass is 10.1. The first-order valence-corrected chi connectivity index (χ1v) is 9.49. The van der Waals surface area contributed by atoms with Gasteiger partial charge in [-0.1, -0.05) is 0 Å². The van der Waals surface area contributed by atoms with Gasteiger partial charge >= 0.3 is 5.97 Å². The van der Waals surface area contributed by atoms with E-state index in [2.05, 4.69) is 9.71 Å². The highest BCUT2D eigenvalue weighted by Crippen LogP contribution is 2.30. The second kappa shape index (κ2) is 6.58. The van der Waals surface area contributed by atoms with Gasteiger partial charge in [0.05, 0.1) is 35.7 Å². The van der Waals surface area contributed by atoms with Gasteiger partial charge in [0.25, 0.3) is 10.0 Å². The molecule has 0 unspecified atom stereocenters. The van der Waals surface area contributed by atoms with E-state index in [9.17, 15) is 18.3 Å². The van der Waals surface area contributed by atoms with Crippen LogP contribution in [0.3, 0.4) is 0 Å². The number of aromatic carboxylic acids is 1. The third kappa shape index (κ3) is 3.33. The largest absolute Gasteiger partial charge is 0.495 e. The first kappa shape index (κ1) is 18.7. The Balaban J connectivity index is 2.12. The number of carboxylic acids is 1. The maximum Gasteiger partial charge on any atom is 0.337 e. The smallest absolute Gasteiger partial charge is 0.337 e. The van der Waals surface area contributed by atoms with Gasteiger partial charge in [-0.15, -0.1) is 0 Å². The number of benzene rings is 2. The van der Waals surface area contributed by atoms with Gasteiger partial charge in [-0.05, 0) is 49.2 Å². The molecular weight excluding hydrogens is 370 g/mol. The third-order valence-electron chi connectivity index (χ3n) is 4.36. The summed E-state index contributed by atoms with van der Waals surface area (Å²) < 4.78 is 35.0.